The molecule has 0 aliphatic carbocycles. The number of benzene rings is 1. The van der Waals surface area contributed by atoms with Crippen molar-refractivity contribution in [3.8, 4) is 11.3 Å². The van der Waals surface area contributed by atoms with Gasteiger partial charge in [-0.15, -0.1) is 0 Å². The Labute approximate surface area is 179 Å². The number of morpholine rings is 1. The molecule has 3 aromatic rings. The summed E-state index contributed by atoms with van der Waals surface area (Å²) in [5.74, 6) is -0.277. The quantitative estimate of drug-likeness (QED) is 0.680. The lowest BCUT2D eigenvalue weighted by Gasteiger charge is -2.30. The molecule has 0 saturated carbocycles. The number of carbonyl (C=O) groups is 1. The molecular weight excluding hydrogens is 395 g/mol. The van der Waals surface area contributed by atoms with Crippen molar-refractivity contribution >= 4 is 23.7 Å². The number of nitrogens with one attached hydrogen (secondary N) is 2. The first-order valence-electron chi connectivity index (χ1n) is 10.4. The third-order valence-electron chi connectivity index (χ3n) is 5.68. The zero-order valence-electron chi connectivity index (χ0n) is 17.0. The third kappa shape index (κ3) is 3.96. The Balaban J connectivity index is 1.43. The molecule has 0 spiro atoms. The summed E-state index contributed by atoms with van der Waals surface area (Å²) in [6, 6.07) is 10.9. The highest BCUT2D eigenvalue weighted by atomic mass is 19.1. The number of pyridine rings is 1. The van der Waals surface area contributed by atoms with Crippen LogP contribution in [0.15, 0.2) is 42.6 Å². The van der Waals surface area contributed by atoms with Gasteiger partial charge in [0.15, 0.2) is 0 Å². The van der Waals surface area contributed by atoms with Crippen LogP contribution in [0.25, 0.3) is 23.4 Å². The molecule has 158 valence electrons. The maximum Gasteiger partial charge on any atom is 0.253 e. The fraction of sp³-hybridized carbons (Fsp3) is 0.250. The molecule has 5 rings (SSSR count). The molecule has 1 amide bonds. The Bertz CT molecular complexity index is 1150. The van der Waals surface area contributed by atoms with E-state index in [4.69, 9.17) is 4.74 Å². The van der Waals surface area contributed by atoms with E-state index in [1.807, 2.05) is 41.3 Å². The van der Waals surface area contributed by atoms with E-state index in [1.54, 1.807) is 12.3 Å². The molecule has 2 aromatic heterocycles. The molecule has 7 heteroatoms. The molecule has 0 unspecified atom stereocenters. The van der Waals surface area contributed by atoms with Gasteiger partial charge in [0.25, 0.3) is 5.91 Å². The van der Waals surface area contributed by atoms with Crippen LogP contribution in [-0.4, -0.2) is 48.7 Å². The molecule has 6 nitrogen and oxygen atoms in total. The lowest BCUT2D eigenvalue weighted by atomic mass is 10.1. The predicted molar refractivity (Wildman–Crippen MR) is 118 cm³/mol. The first kappa shape index (κ1) is 19.5. The van der Waals surface area contributed by atoms with Crippen LogP contribution >= 0.6 is 0 Å². The van der Waals surface area contributed by atoms with Crippen molar-refractivity contribution in [3.63, 3.8) is 0 Å². The molecule has 1 aromatic carbocycles. The highest BCUT2D eigenvalue weighted by Gasteiger charge is 2.20. The topological polar surface area (TPSA) is 70.2 Å². The number of rotatable bonds is 4. The second-order valence-corrected chi connectivity index (χ2v) is 7.66. The SMILES string of the molecule is O=C1NCCc2[nH]c(-c3ccnc(/C=C/c4cccc(F)c4N4CCOCC4)c3)cc21. The van der Waals surface area contributed by atoms with Gasteiger partial charge in [-0.05, 0) is 30.3 Å². The van der Waals surface area contributed by atoms with Gasteiger partial charge in [0.05, 0.1) is 30.2 Å². The Morgan fingerprint density at radius 1 is 1.13 bits per heavy atom. The third-order valence-corrected chi connectivity index (χ3v) is 5.68. The number of amides is 1. The predicted octanol–water partition coefficient (Wildman–Crippen LogP) is 3.51. The molecule has 0 radical (unpaired) electrons. The minimum Gasteiger partial charge on any atom is -0.378 e. The monoisotopic (exact) mass is 418 g/mol. The first-order chi connectivity index (χ1) is 15.2. The molecule has 2 aliphatic heterocycles. The number of aromatic nitrogens is 2. The van der Waals surface area contributed by atoms with E-state index in [0.29, 0.717) is 44.1 Å². The molecule has 0 bridgehead atoms. The molecule has 2 aliphatic rings. The summed E-state index contributed by atoms with van der Waals surface area (Å²) in [6.07, 6.45) is 6.32. The number of para-hydroxylation sites is 1. The van der Waals surface area contributed by atoms with E-state index in [0.717, 1.165) is 34.6 Å². The van der Waals surface area contributed by atoms with E-state index in [2.05, 4.69) is 15.3 Å². The summed E-state index contributed by atoms with van der Waals surface area (Å²) in [4.78, 5) is 21.9. The van der Waals surface area contributed by atoms with E-state index < -0.39 is 0 Å². The maximum absolute atomic E-state index is 14.6. The number of hydrogen-bond acceptors (Lipinski definition) is 4. The number of anilines is 1. The average Bonchev–Trinajstić information content (AvgIpc) is 3.24. The van der Waals surface area contributed by atoms with Crippen LogP contribution in [0.5, 0.6) is 0 Å². The van der Waals surface area contributed by atoms with Crippen molar-refractivity contribution in [3.05, 3.63) is 70.9 Å². The Morgan fingerprint density at radius 2 is 2.00 bits per heavy atom. The number of aromatic amines is 1. The minimum atomic E-state index is -0.235. The van der Waals surface area contributed by atoms with Crippen LogP contribution in [0, 0.1) is 5.82 Å². The van der Waals surface area contributed by atoms with Crippen LogP contribution in [0.2, 0.25) is 0 Å². The highest BCUT2D eigenvalue weighted by Crippen LogP contribution is 2.28. The lowest BCUT2D eigenvalue weighted by molar-refractivity contribution is 0.0946. The van der Waals surface area contributed by atoms with Crippen LogP contribution < -0.4 is 10.2 Å². The number of hydrogen-bond donors (Lipinski definition) is 2. The number of halogens is 1. The lowest BCUT2D eigenvalue weighted by Crippen LogP contribution is -2.37. The smallest absolute Gasteiger partial charge is 0.253 e. The summed E-state index contributed by atoms with van der Waals surface area (Å²) in [7, 11) is 0. The number of H-pyrrole nitrogens is 1. The van der Waals surface area contributed by atoms with Gasteiger partial charge in [0, 0.05) is 54.8 Å². The molecule has 0 atom stereocenters. The molecule has 1 fully saturated rings. The second-order valence-electron chi connectivity index (χ2n) is 7.66. The summed E-state index contributed by atoms with van der Waals surface area (Å²) >= 11 is 0. The Hall–Kier alpha value is -3.45. The number of carbonyl (C=O) groups excluding carboxylic acids is 1. The van der Waals surface area contributed by atoms with Gasteiger partial charge in [0.1, 0.15) is 5.82 Å². The van der Waals surface area contributed by atoms with E-state index in [9.17, 15) is 9.18 Å². The average molecular weight is 418 g/mol. The van der Waals surface area contributed by atoms with E-state index in [1.165, 1.54) is 6.07 Å². The normalized spacial score (nSPS) is 16.4. The number of fused-ring (bicyclic) bond motifs is 1. The van der Waals surface area contributed by atoms with Gasteiger partial charge in [-0.2, -0.15) is 0 Å². The van der Waals surface area contributed by atoms with E-state index >= 15 is 0 Å². The van der Waals surface area contributed by atoms with Crippen molar-refractivity contribution in [2.45, 2.75) is 6.42 Å². The van der Waals surface area contributed by atoms with Gasteiger partial charge in [-0.1, -0.05) is 18.2 Å². The standard InChI is InChI=1S/C24H23FN4O2/c25-20-3-1-2-16(23(20)29-10-12-31-13-11-29)4-5-18-14-17(6-8-26-18)22-15-19-21(28-22)7-9-27-24(19)30/h1-6,8,14-15,28H,7,9-13H2,(H,27,30)/b5-4+. The van der Waals surface area contributed by atoms with Crippen molar-refractivity contribution in [2.75, 3.05) is 37.7 Å². The van der Waals surface area contributed by atoms with Gasteiger partial charge in [-0.25, -0.2) is 4.39 Å². The van der Waals surface area contributed by atoms with Crippen molar-refractivity contribution in [1.29, 1.82) is 0 Å². The zero-order valence-corrected chi connectivity index (χ0v) is 17.0. The van der Waals surface area contributed by atoms with Crippen LogP contribution in [-0.2, 0) is 11.2 Å². The first-order valence-corrected chi connectivity index (χ1v) is 10.4. The summed E-state index contributed by atoms with van der Waals surface area (Å²) < 4.78 is 20.0. The Morgan fingerprint density at radius 3 is 2.84 bits per heavy atom. The van der Waals surface area contributed by atoms with Crippen molar-refractivity contribution in [2.24, 2.45) is 0 Å². The van der Waals surface area contributed by atoms with Crippen molar-refractivity contribution < 1.29 is 13.9 Å². The van der Waals surface area contributed by atoms with Gasteiger partial charge < -0.3 is 19.9 Å². The fourth-order valence-corrected chi connectivity index (χ4v) is 4.12. The summed E-state index contributed by atoms with van der Waals surface area (Å²) in [5, 5.41) is 2.86. The van der Waals surface area contributed by atoms with Gasteiger partial charge >= 0.3 is 0 Å². The van der Waals surface area contributed by atoms with Crippen LogP contribution in [0.3, 0.4) is 0 Å². The van der Waals surface area contributed by atoms with Crippen LogP contribution in [0.1, 0.15) is 27.3 Å². The van der Waals surface area contributed by atoms with Gasteiger partial charge in [0.2, 0.25) is 0 Å². The Kier molecular flexibility index (Phi) is 5.26. The highest BCUT2D eigenvalue weighted by molar-refractivity contribution is 5.97. The zero-order chi connectivity index (χ0) is 21.2. The van der Waals surface area contributed by atoms with E-state index in [-0.39, 0.29) is 11.7 Å². The molecule has 2 N–H and O–H groups in total. The van der Waals surface area contributed by atoms with Gasteiger partial charge in [-0.3, -0.25) is 9.78 Å². The van der Waals surface area contributed by atoms with Crippen molar-refractivity contribution in [1.82, 2.24) is 15.3 Å². The summed E-state index contributed by atoms with van der Waals surface area (Å²) in [5.41, 5.74) is 5.66. The number of ether oxygens (including phenoxy) is 1. The minimum absolute atomic E-state index is 0.0420. The molecule has 1 saturated heterocycles. The molecular formula is C24H23FN4O2. The fourth-order valence-electron chi connectivity index (χ4n) is 4.12. The molecule has 31 heavy (non-hydrogen) atoms. The largest absolute Gasteiger partial charge is 0.378 e. The summed E-state index contributed by atoms with van der Waals surface area (Å²) in [6.45, 7) is 3.18. The molecule has 4 heterocycles. The second kappa shape index (κ2) is 8.35. The maximum atomic E-state index is 14.6. The number of nitrogens with zero attached hydrogens (tertiary/aromatic N) is 2. The van der Waals surface area contributed by atoms with Crippen LogP contribution in [0.4, 0.5) is 10.1 Å².